The SMILES string of the molecule is CNC(=O)c1c(NC(=O)COc2ccccc2)sc(C)c1C. The van der Waals surface area contributed by atoms with Crippen LogP contribution in [0.15, 0.2) is 30.3 Å². The minimum atomic E-state index is -0.296. The zero-order valence-electron chi connectivity index (χ0n) is 12.7. The number of hydrogen-bond acceptors (Lipinski definition) is 4. The van der Waals surface area contributed by atoms with Gasteiger partial charge in [-0.3, -0.25) is 9.59 Å². The predicted molar refractivity (Wildman–Crippen MR) is 87.7 cm³/mol. The molecule has 0 bridgehead atoms. The summed E-state index contributed by atoms with van der Waals surface area (Å²) in [6.07, 6.45) is 0. The third-order valence-corrected chi connectivity index (χ3v) is 4.33. The van der Waals surface area contributed by atoms with Gasteiger partial charge in [0.1, 0.15) is 10.8 Å². The lowest BCUT2D eigenvalue weighted by Gasteiger charge is -2.08. The first-order valence-electron chi connectivity index (χ1n) is 6.82. The fourth-order valence-corrected chi connectivity index (χ4v) is 3.02. The van der Waals surface area contributed by atoms with Crippen molar-refractivity contribution >= 4 is 28.2 Å². The zero-order valence-corrected chi connectivity index (χ0v) is 13.5. The molecule has 0 radical (unpaired) electrons. The summed E-state index contributed by atoms with van der Waals surface area (Å²) in [6, 6.07) is 9.11. The van der Waals surface area contributed by atoms with E-state index in [1.165, 1.54) is 11.3 Å². The summed E-state index contributed by atoms with van der Waals surface area (Å²) in [5.41, 5.74) is 1.39. The molecule has 2 N–H and O–H groups in total. The highest BCUT2D eigenvalue weighted by Crippen LogP contribution is 2.32. The van der Waals surface area contributed by atoms with E-state index in [4.69, 9.17) is 4.74 Å². The van der Waals surface area contributed by atoms with Crippen molar-refractivity contribution in [2.45, 2.75) is 13.8 Å². The van der Waals surface area contributed by atoms with Crippen molar-refractivity contribution in [3.63, 3.8) is 0 Å². The van der Waals surface area contributed by atoms with Gasteiger partial charge in [0.15, 0.2) is 6.61 Å². The van der Waals surface area contributed by atoms with Crippen molar-refractivity contribution in [2.24, 2.45) is 0 Å². The number of nitrogens with one attached hydrogen (secondary N) is 2. The van der Waals surface area contributed by atoms with E-state index in [0.29, 0.717) is 16.3 Å². The molecule has 2 aromatic rings. The average molecular weight is 318 g/mol. The molecule has 0 aliphatic heterocycles. The molecule has 6 heteroatoms. The van der Waals surface area contributed by atoms with E-state index in [2.05, 4.69) is 10.6 Å². The van der Waals surface area contributed by atoms with Crippen molar-refractivity contribution in [3.05, 3.63) is 46.3 Å². The van der Waals surface area contributed by atoms with Crippen molar-refractivity contribution in [2.75, 3.05) is 19.0 Å². The third-order valence-electron chi connectivity index (χ3n) is 3.21. The van der Waals surface area contributed by atoms with Crippen LogP contribution in [0, 0.1) is 13.8 Å². The molecule has 0 aliphatic rings. The molecule has 2 amide bonds. The van der Waals surface area contributed by atoms with Crippen LogP contribution in [0.4, 0.5) is 5.00 Å². The summed E-state index contributed by atoms with van der Waals surface area (Å²) in [6.45, 7) is 3.68. The van der Waals surface area contributed by atoms with Gasteiger partial charge in [0.25, 0.3) is 11.8 Å². The Morgan fingerprint density at radius 1 is 1.18 bits per heavy atom. The molecule has 0 saturated heterocycles. The fourth-order valence-electron chi connectivity index (χ4n) is 1.94. The number of amides is 2. The molecule has 22 heavy (non-hydrogen) atoms. The summed E-state index contributed by atoms with van der Waals surface area (Å²) in [5, 5.41) is 5.90. The zero-order chi connectivity index (χ0) is 16.1. The number of carbonyl (C=O) groups excluding carboxylic acids is 2. The Kier molecular flexibility index (Phi) is 5.16. The highest BCUT2D eigenvalue weighted by atomic mass is 32.1. The standard InChI is InChI=1S/C16H18N2O3S/c1-10-11(2)22-16(14(10)15(20)17-3)18-13(19)9-21-12-7-5-4-6-8-12/h4-8H,9H2,1-3H3,(H,17,20)(H,18,19). The maximum Gasteiger partial charge on any atom is 0.262 e. The lowest BCUT2D eigenvalue weighted by atomic mass is 10.1. The largest absolute Gasteiger partial charge is 0.484 e. The molecule has 2 rings (SSSR count). The first-order chi connectivity index (χ1) is 10.5. The van der Waals surface area contributed by atoms with Gasteiger partial charge in [-0.2, -0.15) is 0 Å². The Hall–Kier alpha value is -2.34. The Morgan fingerprint density at radius 3 is 2.50 bits per heavy atom. The van der Waals surface area contributed by atoms with Crippen molar-refractivity contribution in [3.8, 4) is 5.75 Å². The number of para-hydroxylation sites is 1. The summed E-state index contributed by atoms with van der Waals surface area (Å²) in [7, 11) is 1.57. The van der Waals surface area contributed by atoms with E-state index < -0.39 is 0 Å². The Morgan fingerprint density at radius 2 is 1.86 bits per heavy atom. The van der Waals surface area contributed by atoms with Crippen LogP contribution in [-0.4, -0.2) is 25.5 Å². The van der Waals surface area contributed by atoms with Gasteiger partial charge in [-0.25, -0.2) is 0 Å². The van der Waals surface area contributed by atoms with Gasteiger partial charge in [0.2, 0.25) is 0 Å². The predicted octanol–water partition coefficient (Wildman–Crippen LogP) is 2.74. The Balaban J connectivity index is 2.05. The van der Waals surface area contributed by atoms with E-state index in [1.807, 2.05) is 32.0 Å². The van der Waals surface area contributed by atoms with Crippen LogP contribution in [0.3, 0.4) is 0 Å². The van der Waals surface area contributed by atoms with Gasteiger partial charge in [-0.05, 0) is 31.5 Å². The molecule has 1 heterocycles. The number of rotatable bonds is 5. The molecule has 0 unspecified atom stereocenters. The fraction of sp³-hybridized carbons (Fsp3) is 0.250. The summed E-state index contributed by atoms with van der Waals surface area (Å²) in [4.78, 5) is 24.9. The second-order valence-electron chi connectivity index (χ2n) is 4.72. The van der Waals surface area contributed by atoms with Crippen molar-refractivity contribution in [1.82, 2.24) is 5.32 Å². The van der Waals surface area contributed by atoms with Crippen LogP contribution >= 0.6 is 11.3 Å². The van der Waals surface area contributed by atoms with Crippen molar-refractivity contribution in [1.29, 1.82) is 0 Å². The maximum absolute atomic E-state index is 12.0. The second-order valence-corrected chi connectivity index (χ2v) is 5.94. The number of aryl methyl sites for hydroxylation is 1. The maximum atomic E-state index is 12.0. The molecule has 0 spiro atoms. The quantitative estimate of drug-likeness (QED) is 0.891. The minimum Gasteiger partial charge on any atom is -0.484 e. The molecular formula is C16H18N2O3S. The Labute approximate surface area is 133 Å². The monoisotopic (exact) mass is 318 g/mol. The molecule has 0 atom stereocenters. The third kappa shape index (κ3) is 3.65. The van der Waals surface area contributed by atoms with E-state index in [-0.39, 0.29) is 18.4 Å². The summed E-state index contributed by atoms with van der Waals surface area (Å²) >= 11 is 1.39. The van der Waals surface area contributed by atoms with E-state index in [9.17, 15) is 9.59 Å². The average Bonchev–Trinajstić information content (AvgIpc) is 2.80. The number of ether oxygens (including phenoxy) is 1. The second kappa shape index (κ2) is 7.09. The number of carbonyl (C=O) groups is 2. The van der Waals surface area contributed by atoms with E-state index >= 15 is 0 Å². The van der Waals surface area contributed by atoms with Gasteiger partial charge in [-0.15, -0.1) is 11.3 Å². The summed E-state index contributed by atoms with van der Waals surface area (Å²) in [5.74, 6) is 0.124. The lowest BCUT2D eigenvalue weighted by molar-refractivity contribution is -0.118. The first-order valence-corrected chi connectivity index (χ1v) is 7.64. The van der Waals surface area contributed by atoms with Gasteiger partial charge >= 0.3 is 0 Å². The van der Waals surface area contributed by atoms with Gasteiger partial charge in [0, 0.05) is 11.9 Å². The number of thiophene rings is 1. The van der Waals surface area contributed by atoms with Crippen LogP contribution in [0.5, 0.6) is 5.75 Å². The van der Waals surface area contributed by atoms with Crippen LogP contribution < -0.4 is 15.4 Å². The highest BCUT2D eigenvalue weighted by Gasteiger charge is 2.20. The van der Waals surface area contributed by atoms with Crippen LogP contribution in [0.1, 0.15) is 20.8 Å². The number of anilines is 1. The lowest BCUT2D eigenvalue weighted by Crippen LogP contribution is -2.23. The Bertz CT molecular complexity index is 680. The molecule has 1 aromatic carbocycles. The van der Waals surface area contributed by atoms with Crippen molar-refractivity contribution < 1.29 is 14.3 Å². The normalized spacial score (nSPS) is 10.1. The van der Waals surface area contributed by atoms with E-state index in [1.54, 1.807) is 19.2 Å². The molecular weight excluding hydrogens is 300 g/mol. The molecule has 1 aromatic heterocycles. The number of hydrogen-bond donors (Lipinski definition) is 2. The van der Waals surface area contributed by atoms with E-state index in [0.717, 1.165) is 10.4 Å². The van der Waals surface area contributed by atoms with Gasteiger partial charge < -0.3 is 15.4 Å². The molecule has 0 saturated carbocycles. The molecule has 5 nitrogen and oxygen atoms in total. The molecule has 0 fully saturated rings. The molecule has 116 valence electrons. The topological polar surface area (TPSA) is 67.4 Å². The molecule has 0 aliphatic carbocycles. The van der Waals surface area contributed by atoms with Crippen LogP contribution in [-0.2, 0) is 4.79 Å². The van der Waals surface area contributed by atoms with Crippen LogP contribution in [0.25, 0.3) is 0 Å². The highest BCUT2D eigenvalue weighted by molar-refractivity contribution is 7.16. The van der Waals surface area contributed by atoms with Crippen LogP contribution in [0.2, 0.25) is 0 Å². The first kappa shape index (κ1) is 16.0. The number of benzene rings is 1. The summed E-state index contributed by atoms with van der Waals surface area (Å²) < 4.78 is 5.40. The van der Waals surface area contributed by atoms with Gasteiger partial charge in [-0.1, -0.05) is 18.2 Å². The van der Waals surface area contributed by atoms with Gasteiger partial charge in [0.05, 0.1) is 5.56 Å². The minimum absolute atomic E-state index is 0.104. The smallest absolute Gasteiger partial charge is 0.262 e.